The van der Waals surface area contributed by atoms with Gasteiger partial charge in [-0.05, 0) is 36.5 Å². The second-order valence-corrected chi connectivity index (χ2v) is 8.11. The molecule has 27 heavy (non-hydrogen) atoms. The van der Waals surface area contributed by atoms with Crippen molar-refractivity contribution in [3.05, 3.63) is 65.2 Å². The van der Waals surface area contributed by atoms with E-state index in [1.807, 2.05) is 24.3 Å². The number of carbonyl (C=O) groups excluding carboxylic acids is 2. The zero-order valence-corrected chi connectivity index (χ0v) is 14.9. The minimum atomic E-state index is -0.835. The summed E-state index contributed by atoms with van der Waals surface area (Å²) in [5.74, 6) is -0.322. The first-order valence-corrected chi connectivity index (χ1v) is 9.39. The fraction of sp³-hybridized carbons (Fsp3) is 0.333. The largest absolute Gasteiger partial charge is 0.449 e. The Kier molecular flexibility index (Phi) is 3.43. The molecule has 0 unspecified atom stereocenters. The predicted octanol–water partition coefficient (Wildman–Crippen LogP) is 1.08. The molecular weight excluding hydrogens is 341 g/mol. The molecule has 2 aromatic rings. The SMILES string of the molecule is O=C1c2ccccc2C(=O)N1[C@]1(c2ccc(BO)cc2)C[C@](O)(C2CC2)C1. The van der Waals surface area contributed by atoms with E-state index in [4.69, 9.17) is 0 Å². The summed E-state index contributed by atoms with van der Waals surface area (Å²) in [6.07, 6.45) is 2.74. The summed E-state index contributed by atoms with van der Waals surface area (Å²) in [6.45, 7) is 0. The third-order valence-electron chi connectivity index (χ3n) is 6.43. The topological polar surface area (TPSA) is 77.8 Å². The van der Waals surface area contributed by atoms with Gasteiger partial charge in [0.1, 0.15) is 0 Å². The van der Waals surface area contributed by atoms with Crippen molar-refractivity contribution in [3.63, 3.8) is 0 Å². The molecule has 2 amide bonds. The number of amides is 2. The first-order chi connectivity index (χ1) is 13.0. The Balaban J connectivity index is 1.59. The molecule has 136 valence electrons. The Bertz CT molecular complexity index is 910. The molecule has 2 aromatic carbocycles. The molecule has 5 rings (SSSR count). The molecule has 0 bridgehead atoms. The molecule has 0 radical (unpaired) electrons. The molecule has 0 aromatic heterocycles. The van der Waals surface area contributed by atoms with Gasteiger partial charge < -0.3 is 10.1 Å². The van der Waals surface area contributed by atoms with Crippen LogP contribution in [0.5, 0.6) is 0 Å². The minimum Gasteiger partial charge on any atom is -0.449 e. The second-order valence-electron chi connectivity index (χ2n) is 8.11. The van der Waals surface area contributed by atoms with E-state index in [-0.39, 0.29) is 25.2 Å². The van der Waals surface area contributed by atoms with Gasteiger partial charge in [0.25, 0.3) is 11.8 Å². The lowest BCUT2D eigenvalue weighted by Crippen LogP contribution is -2.65. The summed E-state index contributed by atoms with van der Waals surface area (Å²) in [5, 5.41) is 20.3. The molecule has 2 saturated carbocycles. The van der Waals surface area contributed by atoms with Crippen molar-refractivity contribution in [3.8, 4) is 0 Å². The number of hydrogen-bond acceptors (Lipinski definition) is 4. The molecular formula is C21H20BNO4. The molecule has 1 heterocycles. The summed E-state index contributed by atoms with van der Waals surface area (Å²) in [7, 11) is -0.0632. The molecule has 0 spiro atoms. The van der Waals surface area contributed by atoms with E-state index < -0.39 is 11.1 Å². The molecule has 0 saturated heterocycles. The van der Waals surface area contributed by atoms with Crippen LogP contribution in [0.2, 0.25) is 0 Å². The van der Waals surface area contributed by atoms with Crippen LogP contribution in [0.25, 0.3) is 0 Å². The summed E-state index contributed by atoms with van der Waals surface area (Å²) >= 11 is 0. The number of benzene rings is 2. The number of rotatable bonds is 4. The number of hydrogen-bond donors (Lipinski definition) is 2. The molecule has 3 aliphatic rings. The van der Waals surface area contributed by atoms with E-state index >= 15 is 0 Å². The Labute approximate surface area is 157 Å². The fourth-order valence-corrected chi connectivity index (χ4v) is 4.86. The maximum absolute atomic E-state index is 13.1. The van der Waals surface area contributed by atoms with Crippen LogP contribution in [0.4, 0.5) is 0 Å². The van der Waals surface area contributed by atoms with E-state index in [1.165, 1.54) is 4.90 Å². The van der Waals surface area contributed by atoms with Gasteiger partial charge in [-0.3, -0.25) is 14.5 Å². The van der Waals surface area contributed by atoms with Gasteiger partial charge in [-0.2, -0.15) is 0 Å². The molecule has 6 heteroatoms. The van der Waals surface area contributed by atoms with Crippen LogP contribution < -0.4 is 5.46 Å². The normalized spacial score (nSPS) is 29.5. The summed E-state index contributed by atoms with van der Waals surface area (Å²) < 4.78 is 0. The highest BCUT2D eigenvalue weighted by molar-refractivity contribution is 6.45. The summed E-state index contributed by atoms with van der Waals surface area (Å²) in [4.78, 5) is 27.6. The Morgan fingerprint density at radius 1 is 0.926 bits per heavy atom. The van der Waals surface area contributed by atoms with Crippen molar-refractivity contribution >= 4 is 24.8 Å². The van der Waals surface area contributed by atoms with Crippen LogP contribution >= 0.6 is 0 Å². The van der Waals surface area contributed by atoms with E-state index in [9.17, 15) is 19.7 Å². The number of carbonyl (C=O) groups is 2. The van der Waals surface area contributed by atoms with E-state index in [1.54, 1.807) is 24.3 Å². The van der Waals surface area contributed by atoms with Gasteiger partial charge in [-0.15, -0.1) is 0 Å². The lowest BCUT2D eigenvalue weighted by molar-refractivity contribution is -0.143. The average molecular weight is 361 g/mol. The van der Waals surface area contributed by atoms with E-state index in [2.05, 4.69) is 0 Å². The van der Waals surface area contributed by atoms with Crippen molar-refractivity contribution in [2.45, 2.75) is 36.8 Å². The predicted molar refractivity (Wildman–Crippen MR) is 101 cm³/mol. The molecule has 1 aliphatic heterocycles. The number of fused-ring (bicyclic) bond motifs is 1. The van der Waals surface area contributed by atoms with Gasteiger partial charge in [-0.25, -0.2) is 0 Å². The zero-order valence-electron chi connectivity index (χ0n) is 14.9. The highest BCUT2D eigenvalue weighted by atomic mass is 16.3. The van der Waals surface area contributed by atoms with Crippen LogP contribution in [-0.2, 0) is 5.54 Å². The van der Waals surface area contributed by atoms with Crippen LogP contribution in [-0.4, -0.2) is 39.9 Å². The molecule has 2 aliphatic carbocycles. The number of imide groups is 1. The van der Waals surface area contributed by atoms with Crippen molar-refractivity contribution < 1.29 is 19.7 Å². The second kappa shape index (κ2) is 5.53. The first kappa shape index (κ1) is 16.7. The lowest BCUT2D eigenvalue weighted by Gasteiger charge is -2.57. The van der Waals surface area contributed by atoms with Gasteiger partial charge in [-0.1, -0.05) is 41.9 Å². The number of aliphatic hydroxyl groups is 1. The van der Waals surface area contributed by atoms with E-state index in [0.717, 1.165) is 23.9 Å². The van der Waals surface area contributed by atoms with Crippen molar-refractivity contribution in [2.24, 2.45) is 5.92 Å². The van der Waals surface area contributed by atoms with E-state index in [0.29, 0.717) is 24.0 Å². The maximum atomic E-state index is 13.1. The van der Waals surface area contributed by atoms with Crippen LogP contribution in [0.3, 0.4) is 0 Å². The van der Waals surface area contributed by atoms with Crippen molar-refractivity contribution in [1.82, 2.24) is 4.90 Å². The third kappa shape index (κ3) is 2.26. The Morgan fingerprint density at radius 3 is 1.96 bits per heavy atom. The van der Waals surface area contributed by atoms with Crippen molar-refractivity contribution in [2.75, 3.05) is 0 Å². The standard InChI is InChI=1S/C21H20BNO4/c24-18-16-3-1-2-4-17(16)19(25)23(18)20(11-21(26,12-20)14-5-6-14)13-7-9-15(22-27)10-8-13/h1-4,7-10,14,22,26-27H,5-6,11-12H2/t20-,21-. The van der Waals surface area contributed by atoms with Crippen LogP contribution in [0.15, 0.2) is 48.5 Å². The molecule has 5 nitrogen and oxygen atoms in total. The van der Waals surface area contributed by atoms with Gasteiger partial charge in [0.15, 0.2) is 0 Å². The quantitative estimate of drug-likeness (QED) is 0.631. The molecule has 2 fully saturated rings. The summed E-state index contributed by atoms with van der Waals surface area (Å²) in [5.41, 5.74) is 0.808. The highest BCUT2D eigenvalue weighted by Gasteiger charge is 2.66. The van der Waals surface area contributed by atoms with Crippen LogP contribution in [0, 0.1) is 5.92 Å². The summed E-state index contributed by atoms with van der Waals surface area (Å²) in [6, 6.07) is 14.2. The van der Waals surface area contributed by atoms with Crippen molar-refractivity contribution in [1.29, 1.82) is 0 Å². The minimum absolute atomic E-state index is 0.0632. The maximum Gasteiger partial charge on any atom is 0.304 e. The van der Waals surface area contributed by atoms with Gasteiger partial charge in [0.05, 0.1) is 22.3 Å². The Hall–Kier alpha value is -2.44. The first-order valence-electron chi connectivity index (χ1n) is 9.39. The highest BCUT2D eigenvalue weighted by Crippen LogP contribution is 2.61. The van der Waals surface area contributed by atoms with Gasteiger partial charge in [0, 0.05) is 12.8 Å². The molecule has 0 atom stereocenters. The van der Waals surface area contributed by atoms with Crippen LogP contribution in [0.1, 0.15) is 52.0 Å². The number of nitrogens with zero attached hydrogens (tertiary/aromatic N) is 1. The van der Waals surface area contributed by atoms with Gasteiger partial charge in [0.2, 0.25) is 0 Å². The average Bonchev–Trinajstić information content (AvgIpc) is 3.48. The van der Waals surface area contributed by atoms with Gasteiger partial charge >= 0.3 is 7.48 Å². The smallest absolute Gasteiger partial charge is 0.304 e. The molecule has 2 N–H and O–H groups in total. The fourth-order valence-electron chi connectivity index (χ4n) is 4.86. The lowest BCUT2D eigenvalue weighted by atomic mass is 9.58. The Morgan fingerprint density at radius 2 is 1.48 bits per heavy atom. The zero-order chi connectivity index (χ0) is 18.8. The monoisotopic (exact) mass is 361 g/mol. The third-order valence-corrected chi connectivity index (χ3v) is 6.43.